The van der Waals surface area contributed by atoms with Crippen LogP contribution in [0.2, 0.25) is 0 Å². The average molecular weight is 475 g/mol. The Morgan fingerprint density at radius 1 is 1.03 bits per heavy atom. The molecule has 1 amide bonds. The molecule has 5 nitrogen and oxygen atoms in total. The van der Waals surface area contributed by atoms with E-state index < -0.39 is 0 Å². The summed E-state index contributed by atoms with van der Waals surface area (Å²) in [6.07, 6.45) is 3.02. The zero-order valence-corrected chi connectivity index (χ0v) is 21.5. The molecule has 2 N–H and O–H groups in total. The average Bonchev–Trinajstić information content (AvgIpc) is 3.33. The summed E-state index contributed by atoms with van der Waals surface area (Å²) in [5.41, 5.74) is 7.83. The Labute approximate surface area is 207 Å². The van der Waals surface area contributed by atoms with Crippen LogP contribution in [0.15, 0.2) is 59.5 Å². The molecule has 0 unspecified atom stereocenters. The molecule has 0 saturated carbocycles. The summed E-state index contributed by atoms with van der Waals surface area (Å²) in [6.45, 7) is 12.7. The molecular formula is C28H34N4OS. The van der Waals surface area contributed by atoms with Crippen LogP contribution in [0.5, 0.6) is 0 Å². The highest BCUT2D eigenvalue weighted by Gasteiger charge is 2.27. The van der Waals surface area contributed by atoms with Crippen LogP contribution >= 0.6 is 11.8 Å². The second kappa shape index (κ2) is 10.4. The van der Waals surface area contributed by atoms with Crippen LogP contribution in [0, 0.1) is 13.8 Å². The molecule has 2 heterocycles. The number of anilines is 2. The van der Waals surface area contributed by atoms with Crippen molar-refractivity contribution in [2.24, 2.45) is 0 Å². The first-order valence-corrected chi connectivity index (χ1v) is 12.9. The van der Waals surface area contributed by atoms with Gasteiger partial charge in [-0.3, -0.25) is 4.79 Å². The molecule has 2 aromatic carbocycles. The van der Waals surface area contributed by atoms with Crippen molar-refractivity contribution < 1.29 is 4.79 Å². The third-order valence-electron chi connectivity index (χ3n) is 6.38. The number of rotatable bonds is 8. The van der Waals surface area contributed by atoms with Gasteiger partial charge in [-0.2, -0.15) is 0 Å². The van der Waals surface area contributed by atoms with Gasteiger partial charge >= 0.3 is 0 Å². The van der Waals surface area contributed by atoms with Crippen LogP contribution < -0.4 is 15.5 Å². The first-order chi connectivity index (χ1) is 16.4. The van der Waals surface area contributed by atoms with Gasteiger partial charge in [0.2, 0.25) is 0 Å². The summed E-state index contributed by atoms with van der Waals surface area (Å²) < 4.78 is 2.25. The molecular weight excluding hydrogens is 440 g/mol. The third kappa shape index (κ3) is 5.02. The molecule has 0 radical (unpaired) electrons. The standard InChI is InChI=1S/C28H34N4OS/c1-6-21-9-11-23(12-10-21)29-28-30-27(33)26(34-28)18-22-17-19(4)32(20(22)5)25-15-13-24(14-16-25)31(7-2)8-3/h9-18,28-29H,6-8H2,1-5H3,(H,30,33)/b26-18-/t28-/m1/s1. The molecule has 3 aromatic rings. The molecule has 1 aliphatic heterocycles. The number of benzene rings is 2. The zero-order valence-electron chi connectivity index (χ0n) is 20.7. The van der Waals surface area contributed by atoms with Gasteiger partial charge in [0, 0.05) is 41.5 Å². The molecule has 1 saturated heterocycles. The van der Waals surface area contributed by atoms with Crippen LogP contribution in [0.4, 0.5) is 11.4 Å². The highest BCUT2D eigenvalue weighted by Crippen LogP contribution is 2.32. The molecule has 0 spiro atoms. The first kappa shape index (κ1) is 24.0. The van der Waals surface area contributed by atoms with Crippen LogP contribution in [-0.4, -0.2) is 29.1 Å². The number of carbonyl (C=O) groups is 1. The van der Waals surface area contributed by atoms with E-state index in [-0.39, 0.29) is 11.4 Å². The minimum Gasteiger partial charge on any atom is -0.372 e. The van der Waals surface area contributed by atoms with Crippen molar-refractivity contribution >= 4 is 35.1 Å². The van der Waals surface area contributed by atoms with Crippen LogP contribution in [0.1, 0.15) is 43.3 Å². The van der Waals surface area contributed by atoms with E-state index in [1.165, 1.54) is 23.0 Å². The maximum atomic E-state index is 12.7. The van der Waals surface area contributed by atoms with E-state index in [1.807, 2.05) is 6.08 Å². The fraction of sp³-hybridized carbons (Fsp3) is 0.321. The fourth-order valence-corrected chi connectivity index (χ4v) is 5.40. The van der Waals surface area contributed by atoms with E-state index in [9.17, 15) is 4.79 Å². The van der Waals surface area contributed by atoms with Gasteiger partial charge in [-0.05, 0) is 93.8 Å². The number of aryl methyl sites for hydroxylation is 2. The Bertz CT molecular complexity index is 1170. The quantitative estimate of drug-likeness (QED) is 0.387. The number of hydrogen-bond donors (Lipinski definition) is 2. The monoisotopic (exact) mass is 474 g/mol. The Kier molecular flexibility index (Phi) is 7.37. The van der Waals surface area contributed by atoms with Gasteiger partial charge in [-0.25, -0.2) is 0 Å². The SMILES string of the molecule is CCc1ccc(N[C@@H]2NC(=O)/C(=C/c3cc(C)n(-c4ccc(N(CC)CC)cc4)c3C)S2)cc1. The Morgan fingerprint density at radius 3 is 2.32 bits per heavy atom. The molecule has 0 aliphatic carbocycles. The summed E-state index contributed by atoms with van der Waals surface area (Å²) in [6, 6.07) is 19.2. The third-order valence-corrected chi connectivity index (χ3v) is 7.41. The van der Waals surface area contributed by atoms with Gasteiger partial charge in [0.15, 0.2) is 5.50 Å². The largest absolute Gasteiger partial charge is 0.372 e. The number of hydrogen-bond acceptors (Lipinski definition) is 4. The molecule has 1 fully saturated rings. The Hall–Kier alpha value is -3.12. The predicted octanol–water partition coefficient (Wildman–Crippen LogP) is 6.10. The summed E-state index contributed by atoms with van der Waals surface area (Å²) >= 11 is 1.52. The number of aromatic nitrogens is 1. The Morgan fingerprint density at radius 2 is 1.71 bits per heavy atom. The normalized spacial score (nSPS) is 16.7. The van der Waals surface area contributed by atoms with Crippen LogP contribution in [0.3, 0.4) is 0 Å². The summed E-state index contributed by atoms with van der Waals surface area (Å²) in [5, 5.41) is 6.44. The van der Waals surface area contributed by atoms with E-state index in [2.05, 4.69) is 109 Å². The molecule has 178 valence electrons. The van der Waals surface area contributed by atoms with Gasteiger partial charge in [0.1, 0.15) is 0 Å². The first-order valence-electron chi connectivity index (χ1n) is 12.0. The van der Waals surface area contributed by atoms with Gasteiger partial charge in [0.25, 0.3) is 5.91 Å². The van der Waals surface area contributed by atoms with Crippen LogP contribution in [-0.2, 0) is 11.2 Å². The van der Waals surface area contributed by atoms with E-state index >= 15 is 0 Å². The van der Waals surface area contributed by atoms with Crippen LogP contribution in [0.25, 0.3) is 11.8 Å². The van der Waals surface area contributed by atoms with Gasteiger partial charge in [-0.1, -0.05) is 30.8 Å². The maximum absolute atomic E-state index is 12.7. The molecule has 0 bridgehead atoms. The predicted molar refractivity (Wildman–Crippen MR) is 146 cm³/mol. The van der Waals surface area contributed by atoms with Crippen molar-refractivity contribution in [2.45, 2.75) is 46.5 Å². The second-order valence-corrected chi connectivity index (χ2v) is 9.67. The topological polar surface area (TPSA) is 49.3 Å². The number of thioether (sulfide) groups is 1. The summed E-state index contributed by atoms with van der Waals surface area (Å²) in [7, 11) is 0. The molecule has 1 aromatic heterocycles. The highest BCUT2D eigenvalue weighted by molar-refractivity contribution is 8.05. The van der Waals surface area contributed by atoms with E-state index in [0.717, 1.165) is 52.7 Å². The molecule has 34 heavy (non-hydrogen) atoms. The van der Waals surface area contributed by atoms with Crippen molar-refractivity contribution in [2.75, 3.05) is 23.3 Å². The lowest BCUT2D eigenvalue weighted by Gasteiger charge is -2.21. The molecule has 4 rings (SSSR count). The molecule has 1 atom stereocenters. The van der Waals surface area contributed by atoms with Crippen molar-refractivity contribution in [3.8, 4) is 5.69 Å². The van der Waals surface area contributed by atoms with Gasteiger partial charge < -0.3 is 20.1 Å². The smallest absolute Gasteiger partial charge is 0.260 e. The minimum atomic E-state index is -0.178. The van der Waals surface area contributed by atoms with E-state index in [1.54, 1.807) is 0 Å². The lowest BCUT2D eigenvalue weighted by Crippen LogP contribution is -2.30. The van der Waals surface area contributed by atoms with E-state index in [4.69, 9.17) is 0 Å². The Balaban J connectivity index is 1.52. The van der Waals surface area contributed by atoms with Gasteiger partial charge in [0.05, 0.1) is 4.91 Å². The number of nitrogens with zero attached hydrogens (tertiary/aromatic N) is 2. The molecule has 6 heteroatoms. The lowest BCUT2D eigenvalue weighted by atomic mass is 10.1. The number of amides is 1. The lowest BCUT2D eigenvalue weighted by molar-refractivity contribution is -0.116. The van der Waals surface area contributed by atoms with Crippen molar-refractivity contribution in [3.63, 3.8) is 0 Å². The zero-order chi connectivity index (χ0) is 24.2. The maximum Gasteiger partial charge on any atom is 0.260 e. The van der Waals surface area contributed by atoms with Crippen molar-refractivity contribution in [1.82, 2.24) is 9.88 Å². The molecule has 1 aliphatic rings. The number of nitrogens with one attached hydrogen (secondary N) is 2. The summed E-state index contributed by atoms with van der Waals surface area (Å²) in [5.74, 6) is -0.0407. The highest BCUT2D eigenvalue weighted by atomic mass is 32.2. The summed E-state index contributed by atoms with van der Waals surface area (Å²) in [4.78, 5) is 15.7. The van der Waals surface area contributed by atoms with Crippen molar-refractivity contribution in [1.29, 1.82) is 0 Å². The van der Waals surface area contributed by atoms with E-state index in [0.29, 0.717) is 0 Å². The van der Waals surface area contributed by atoms with Gasteiger partial charge in [-0.15, -0.1) is 0 Å². The number of carbonyl (C=O) groups excluding carboxylic acids is 1. The minimum absolute atomic E-state index is 0.0407. The second-order valence-electron chi connectivity index (χ2n) is 8.53. The fourth-order valence-electron chi connectivity index (χ4n) is 4.43. The van der Waals surface area contributed by atoms with Crippen molar-refractivity contribution in [3.05, 3.63) is 82.0 Å².